The van der Waals surface area contributed by atoms with Crippen molar-refractivity contribution in [3.63, 3.8) is 0 Å². The first-order valence-electron chi connectivity index (χ1n) is 6.61. The molecule has 0 bridgehead atoms. The summed E-state index contributed by atoms with van der Waals surface area (Å²) in [5, 5.41) is 0. The highest BCUT2D eigenvalue weighted by Crippen LogP contribution is 2.28. The number of hydrogen-bond donors (Lipinski definition) is 1. The highest BCUT2D eigenvalue weighted by Gasteiger charge is 2.26. The van der Waals surface area contributed by atoms with Gasteiger partial charge in [-0.2, -0.15) is 0 Å². The van der Waals surface area contributed by atoms with Crippen molar-refractivity contribution in [3.8, 4) is 0 Å². The zero-order valence-electron chi connectivity index (χ0n) is 11.0. The number of likely N-dealkylation sites (tertiary alicyclic amines) is 1. The fourth-order valence-electron chi connectivity index (χ4n) is 2.61. The van der Waals surface area contributed by atoms with E-state index in [4.69, 9.17) is 5.73 Å². The van der Waals surface area contributed by atoms with E-state index in [0.717, 1.165) is 32.0 Å². The Hall–Kier alpha value is -1.07. The molecule has 1 aliphatic heterocycles. The van der Waals surface area contributed by atoms with Crippen molar-refractivity contribution in [2.24, 2.45) is 11.7 Å². The molecule has 1 unspecified atom stereocenters. The fourth-order valence-corrected chi connectivity index (χ4v) is 2.61. The Bertz CT molecular complexity index is 443. The van der Waals surface area contributed by atoms with Gasteiger partial charge in [-0.15, -0.1) is 0 Å². The third-order valence-electron chi connectivity index (χ3n) is 3.88. The van der Waals surface area contributed by atoms with Crippen molar-refractivity contribution in [3.05, 3.63) is 35.1 Å². The Kier molecular flexibility index (Phi) is 4.47. The lowest BCUT2D eigenvalue weighted by Crippen LogP contribution is -2.39. The van der Waals surface area contributed by atoms with Gasteiger partial charge >= 0.3 is 0 Å². The lowest BCUT2D eigenvalue weighted by atomic mass is 9.95. The number of piperidine rings is 1. The van der Waals surface area contributed by atoms with Gasteiger partial charge in [0.25, 0.3) is 0 Å². The molecule has 106 valence electrons. The van der Waals surface area contributed by atoms with Crippen LogP contribution in [0.5, 0.6) is 0 Å². The van der Waals surface area contributed by atoms with Gasteiger partial charge in [-0.1, -0.05) is 6.92 Å². The fraction of sp³-hybridized carbons (Fsp3) is 0.571. The van der Waals surface area contributed by atoms with Crippen molar-refractivity contribution < 1.29 is 13.2 Å². The molecule has 1 saturated heterocycles. The quantitative estimate of drug-likeness (QED) is 0.857. The second kappa shape index (κ2) is 5.92. The topological polar surface area (TPSA) is 29.3 Å². The van der Waals surface area contributed by atoms with Gasteiger partial charge in [0.05, 0.1) is 6.04 Å². The van der Waals surface area contributed by atoms with Crippen LogP contribution in [0.3, 0.4) is 0 Å². The molecule has 0 radical (unpaired) electrons. The van der Waals surface area contributed by atoms with Crippen molar-refractivity contribution >= 4 is 0 Å². The standard InChI is InChI=1S/C14H19F3N2/c1-9-2-4-19(5-3-9)14(8-18)10-6-12(16)13(17)7-11(10)15/h6-7,9,14H,2-5,8,18H2,1H3. The van der Waals surface area contributed by atoms with Gasteiger partial charge < -0.3 is 5.73 Å². The molecule has 1 fully saturated rings. The summed E-state index contributed by atoms with van der Waals surface area (Å²) in [5.74, 6) is -2.28. The number of halogens is 3. The molecule has 2 N–H and O–H groups in total. The first-order chi connectivity index (χ1) is 9.02. The molecular formula is C14H19F3N2. The summed E-state index contributed by atoms with van der Waals surface area (Å²) < 4.78 is 40.1. The minimum atomic E-state index is -1.16. The normalized spacial score (nSPS) is 19.6. The molecule has 0 amide bonds. The molecule has 0 aliphatic carbocycles. The molecule has 0 spiro atoms. The second-order valence-corrected chi connectivity index (χ2v) is 5.26. The van der Waals surface area contributed by atoms with Crippen LogP contribution < -0.4 is 5.73 Å². The third-order valence-corrected chi connectivity index (χ3v) is 3.88. The maximum atomic E-state index is 13.8. The Morgan fingerprint density at radius 3 is 2.32 bits per heavy atom. The summed E-state index contributed by atoms with van der Waals surface area (Å²) >= 11 is 0. The van der Waals surface area contributed by atoms with Crippen LogP contribution in [-0.2, 0) is 0 Å². The molecule has 0 aromatic heterocycles. The van der Waals surface area contributed by atoms with Gasteiger partial charge in [0, 0.05) is 18.2 Å². The predicted octanol–water partition coefficient (Wildman–Crippen LogP) is 2.84. The molecule has 2 nitrogen and oxygen atoms in total. The molecule has 1 aromatic carbocycles. The Labute approximate surface area is 111 Å². The van der Waals surface area contributed by atoms with E-state index < -0.39 is 17.5 Å². The first-order valence-corrected chi connectivity index (χ1v) is 6.61. The van der Waals surface area contributed by atoms with Crippen molar-refractivity contribution in [2.75, 3.05) is 19.6 Å². The van der Waals surface area contributed by atoms with Crippen LogP contribution in [0.4, 0.5) is 13.2 Å². The lowest BCUT2D eigenvalue weighted by Gasteiger charge is -2.36. The van der Waals surface area contributed by atoms with Crippen LogP contribution >= 0.6 is 0 Å². The van der Waals surface area contributed by atoms with E-state index in [1.54, 1.807) is 0 Å². The van der Waals surface area contributed by atoms with E-state index in [2.05, 4.69) is 11.8 Å². The average molecular weight is 272 g/mol. The van der Waals surface area contributed by atoms with Crippen LogP contribution in [0, 0.1) is 23.4 Å². The molecule has 5 heteroatoms. The van der Waals surface area contributed by atoms with E-state index in [1.807, 2.05) is 0 Å². The van der Waals surface area contributed by atoms with Gasteiger partial charge in [-0.05, 0) is 37.9 Å². The van der Waals surface area contributed by atoms with Crippen LogP contribution in [0.1, 0.15) is 31.4 Å². The van der Waals surface area contributed by atoms with E-state index in [1.165, 1.54) is 0 Å². The number of rotatable bonds is 3. The Balaban J connectivity index is 2.24. The van der Waals surface area contributed by atoms with Gasteiger partial charge in [0.15, 0.2) is 11.6 Å². The highest BCUT2D eigenvalue weighted by atomic mass is 19.2. The van der Waals surface area contributed by atoms with Gasteiger partial charge in [0.2, 0.25) is 0 Å². The molecule has 2 rings (SSSR count). The smallest absolute Gasteiger partial charge is 0.161 e. The highest BCUT2D eigenvalue weighted by molar-refractivity contribution is 5.24. The van der Waals surface area contributed by atoms with Gasteiger partial charge in [0.1, 0.15) is 5.82 Å². The monoisotopic (exact) mass is 272 g/mol. The molecule has 1 aliphatic rings. The summed E-state index contributed by atoms with van der Waals surface area (Å²) in [4.78, 5) is 2.05. The van der Waals surface area contributed by atoms with Gasteiger partial charge in [-0.25, -0.2) is 13.2 Å². The van der Waals surface area contributed by atoms with E-state index >= 15 is 0 Å². The summed E-state index contributed by atoms with van der Waals surface area (Å²) in [7, 11) is 0. The first kappa shape index (κ1) is 14.3. The minimum absolute atomic E-state index is 0.149. The third kappa shape index (κ3) is 3.09. The van der Waals surface area contributed by atoms with E-state index in [0.29, 0.717) is 12.0 Å². The van der Waals surface area contributed by atoms with Crippen molar-refractivity contribution in [1.82, 2.24) is 4.90 Å². The second-order valence-electron chi connectivity index (χ2n) is 5.26. The van der Waals surface area contributed by atoms with E-state index in [9.17, 15) is 13.2 Å². The summed E-state index contributed by atoms with van der Waals surface area (Å²) in [5.41, 5.74) is 5.85. The van der Waals surface area contributed by atoms with Crippen LogP contribution in [0.25, 0.3) is 0 Å². The SMILES string of the molecule is CC1CCN(C(CN)c2cc(F)c(F)cc2F)CC1. The maximum absolute atomic E-state index is 13.8. The zero-order chi connectivity index (χ0) is 14.0. The zero-order valence-corrected chi connectivity index (χ0v) is 11.0. The Morgan fingerprint density at radius 2 is 1.74 bits per heavy atom. The van der Waals surface area contributed by atoms with Gasteiger partial charge in [-0.3, -0.25) is 4.90 Å². The largest absolute Gasteiger partial charge is 0.329 e. The molecule has 1 heterocycles. The predicted molar refractivity (Wildman–Crippen MR) is 68.1 cm³/mol. The average Bonchev–Trinajstić information content (AvgIpc) is 2.38. The number of nitrogens with zero attached hydrogens (tertiary/aromatic N) is 1. The summed E-state index contributed by atoms with van der Waals surface area (Å²) in [6.07, 6.45) is 2.03. The van der Waals surface area contributed by atoms with Crippen LogP contribution in [0.15, 0.2) is 12.1 Å². The molecule has 19 heavy (non-hydrogen) atoms. The number of benzene rings is 1. The maximum Gasteiger partial charge on any atom is 0.161 e. The molecule has 1 aromatic rings. The van der Waals surface area contributed by atoms with Crippen molar-refractivity contribution in [1.29, 1.82) is 0 Å². The minimum Gasteiger partial charge on any atom is -0.329 e. The summed E-state index contributed by atoms with van der Waals surface area (Å²) in [6, 6.07) is 1.14. The van der Waals surface area contributed by atoms with Crippen LogP contribution in [-0.4, -0.2) is 24.5 Å². The number of hydrogen-bond acceptors (Lipinski definition) is 2. The molecule has 0 saturated carbocycles. The molecular weight excluding hydrogens is 253 g/mol. The summed E-state index contributed by atoms with van der Waals surface area (Å²) in [6.45, 7) is 3.98. The lowest BCUT2D eigenvalue weighted by molar-refractivity contribution is 0.138. The molecule has 1 atom stereocenters. The van der Waals surface area contributed by atoms with Crippen molar-refractivity contribution in [2.45, 2.75) is 25.8 Å². The van der Waals surface area contributed by atoms with E-state index in [-0.39, 0.29) is 18.2 Å². The Morgan fingerprint density at radius 1 is 1.16 bits per heavy atom. The van der Waals surface area contributed by atoms with Crippen LogP contribution in [0.2, 0.25) is 0 Å². The number of nitrogens with two attached hydrogens (primary N) is 1.